The van der Waals surface area contributed by atoms with Crippen molar-refractivity contribution in [1.82, 2.24) is 14.8 Å². The van der Waals surface area contributed by atoms with E-state index >= 15 is 0 Å². The molecule has 1 unspecified atom stereocenters. The van der Waals surface area contributed by atoms with E-state index in [9.17, 15) is 0 Å². The summed E-state index contributed by atoms with van der Waals surface area (Å²) < 4.78 is 2.03. The first-order valence-corrected chi connectivity index (χ1v) is 7.25. The van der Waals surface area contributed by atoms with Gasteiger partial charge < -0.3 is 5.73 Å². The highest BCUT2D eigenvalue weighted by Crippen LogP contribution is 2.30. The summed E-state index contributed by atoms with van der Waals surface area (Å²) >= 11 is 2.05. The highest BCUT2D eigenvalue weighted by atomic mass is 32.2. The van der Waals surface area contributed by atoms with E-state index in [-0.39, 0.29) is 6.04 Å². The van der Waals surface area contributed by atoms with Gasteiger partial charge in [0.2, 0.25) is 0 Å². The number of fused-ring (bicyclic) bond motifs is 1. The number of aryl methyl sites for hydroxylation is 1. The first-order chi connectivity index (χ1) is 7.83. The molecule has 0 amide bonds. The number of aromatic nitrogens is 3. The highest BCUT2D eigenvalue weighted by molar-refractivity contribution is 7.99. The molecular weight excluding hydrogens is 220 g/mol. The summed E-state index contributed by atoms with van der Waals surface area (Å²) in [5, 5.41) is 4.64. The Bertz CT molecular complexity index is 370. The minimum atomic E-state index is 0.268. The van der Waals surface area contributed by atoms with Crippen LogP contribution in [0.25, 0.3) is 0 Å². The van der Waals surface area contributed by atoms with E-state index in [4.69, 9.17) is 10.7 Å². The van der Waals surface area contributed by atoms with E-state index < -0.39 is 0 Å². The number of hydrogen-bond acceptors (Lipinski definition) is 4. The summed E-state index contributed by atoms with van der Waals surface area (Å²) in [6.07, 6.45) is 4.52. The largest absolute Gasteiger partial charge is 0.326 e. The Balaban J connectivity index is 1.80. The molecule has 3 rings (SSSR count). The van der Waals surface area contributed by atoms with Crippen LogP contribution in [0.2, 0.25) is 0 Å². The molecule has 88 valence electrons. The van der Waals surface area contributed by atoms with Crippen LogP contribution in [0.5, 0.6) is 0 Å². The Labute approximate surface area is 100.0 Å². The van der Waals surface area contributed by atoms with E-state index in [1.807, 2.05) is 16.4 Å². The molecule has 0 bridgehead atoms. The second-order valence-corrected chi connectivity index (χ2v) is 5.98. The van der Waals surface area contributed by atoms with E-state index in [1.165, 1.54) is 24.3 Å². The molecule has 2 aliphatic heterocycles. The van der Waals surface area contributed by atoms with Crippen molar-refractivity contribution in [3.63, 3.8) is 0 Å². The van der Waals surface area contributed by atoms with Gasteiger partial charge in [-0.15, -0.1) is 0 Å². The van der Waals surface area contributed by atoms with Gasteiger partial charge in [0.1, 0.15) is 5.82 Å². The number of thioether (sulfide) groups is 1. The predicted octanol–water partition coefficient (Wildman–Crippen LogP) is 1.16. The molecule has 5 heteroatoms. The van der Waals surface area contributed by atoms with Gasteiger partial charge in [0.05, 0.1) is 6.54 Å². The van der Waals surface area contributed by atoms with Crippen LogP contribution in [0.1, 0.15) is 36.8 Å². The molecule has 0 radical (unpaired) electrons. The normalized spacial score (nSPS) is 26.7. The van der Waals surface area contributed by atoms with Crippen molar-refractivity contribution >= 4 is 11.8 Å². The average molecular weight is 238 g/mol. The van der Waals surface area contributed by atoms with Gasteiger partial charge in [0, 0.05) is 18.4 Å². The van der Waals surface area contributed by atoms with Gasteiger partial charge in [-0.2, -0.15) is 16.9 Å². The third-order valence-corrected chi connectivity index (χ3v) is 4.55. The van der Waals surface area contributed by atoms with Gasteiger partial charge in [-0.25, -0.2) is 9.67 Å². The first kappa shape index (κ1) is 10.6. The molecule has 2 aliphatic rings. The molecule has 2 N–H and O–H groups in total. The van der Waals surface area contributed by atoms with E-state index in [2.05, 4.69) is 5.10 Å². The lowest BCUT2D eigenvalue weighted by molar-refractivity contribution is 0.419. The quantitative estimate of drug-likeness (QED) is 0.797. The first-order valence-electron chi connectivity index (χ1n) is 6.10. The van der Waals surface area contributed by atoms with Crippen molar-refractivity contribution < 1.29 is 0 Å². The molecule has 1 aromatic rings. The fourth-order valence-electron chi connectivity index (χ4n) is 2.48. The maximum Gasteiger partial charge on any atom is 0.154 e. The fraction of sp³-hybridized carbons (Fsp3) is 0.818. The summed E-state index contributed by atoms with van der Waals surface area (Å²) in [6.45, 7) is 0.851. The zero-order valence-corrected chi connectivity index (χ0v) is 10.2. The predicted molar refractivity (Wildman–Crippen MR) is 65.6 cm³/mol. The molecule has 0 saturated carbocycles. The van der Waals surface area contributed by atoms with Crippen LogP contribution in [0.4, 0.5) is 0 Å². The molecule has 1 saturated heterocycles. The lowest BCUT2D eigenvalue weighted by Crippen LogP contribution is -2.32. The second-order valence-electron chi connectivity index (χ2n) is 4.75. The SMILES string of the molecule is NC1CCc2nc(C3CCSCC3)nn2C1. The van der Waals surface area contributed by atoms with Crippen LogP contribution in [0.15, 0.2) is 0 Å². The van der Waals surface area contributed by atoms with Crippen LogP contribution in [-0.2, 0) is 13.0 Å². The minimum Gasteiger partial charge on any atom is -0.326 e. The average Bonchev–Trinajstić information content (AvgIpc) is 2.73. The molecule has 16 heavy (non-hydrogen) atoms. The number of nitrogens with two attached hydrogens (primary N) is 1. The van der Waals surface area contributed by atoms with Gasteiger partial charge in [-0.3, -0.25) is 0 Å². The van der Waals surface area contributed by atoms with Crippen molar-refractivity contribution in [2.45, 2.75) is 44.2 Å². The molecule has 1 aromatic heterocycles. The van der Waals surface area contributed by atoms with Gasteiger partial charge in [0.15, 0.2) is 5.82 Å². The molecule has 1 atom stereocenters. The van der Waals surface area contributed by atoms with Crippen LogP contribution in [0.3, 0.4) is 0 Å². The third kappa shape index (κ3) is 1.98. The lowest BCUT2D eigenvalue weighted by Gasteiger charge is -2.18. The molecular formula is C11H18N4S. The Morgan fingerprint density at radius 3 is 2.88 bits per heavy atom. The zero-order chi connectivity index (χ0) is 11.0. The summed E-state index contributed by atoms with van der Waals surface area (Å²) in [6, 6.07) is 0.268. The topological polar surface area (TPSA) is 56.7 Å². The number of hydrogen-bond donors (Lipinski definition) is 1. The molecule has 1 fully saturated rings. The number of nitrogens with zero attached hydrogens (tertiary/aromatic N) is 3. The van der Waals surface area contributed by atoms with Crippen LogP contribution in [0, 0.1) is 0 Å². The molecule has 0 aliphatic carbocycles. The lowest BCUT2D eigenvalue weighted by atomic mass is 10.0. The standard InChI is InChI=1S/C11H18N4S/c12-9-1-2-10-13-11(14-15(10)7-9)8-3-5-16-6-4-8/h8-9H,1-7,12H2. The van der Waals surface area contributed by atoms with Crippen molar-refractivity contribution in [2.75, 3.05) is 11.5 Å². The van der Waals surface area contributed by atoms with Gasteiger partial charge in [0.25, 0.3) is 0 Å². The monoisotopic (exact) mass is 238 g/mol. The Hall–Kier alpha value is -0.550. The van der Waals surface area contributed by atoms with E-state index in [1.54, 1.807) is 0 Å². The molecule has 0 aromatic carbocycles. The summed E-state index contributed by atoms with van der Waals surface area (Å²) in [5.74, 6) is 5.33. The van der Waals surface area contributed by atoms with E-state index in [0.717, 1.165) is 31.0 Å². The van der Waals surface area contributed by atoms with Gasteiger partial charge in [-0.05, 0) is 30.8 Å². The Kier molecular flexibility index (Phi) is 2.90. The highest BCUT2D eigenvalue weighted by Gasteiger charge is 2.24. The molecule has 4 nitrogen and oxygen atoms in total. The number of rotatable bonds is 1. The smallest absolute Gasteiger partial charge is 0.154 e. The maximum absolute atomic E-state index is 5.95. The van der Waals surface area contributed by atoms with Crippen LogP contribution >= 0.6 is 11.8 Å². The fourth-order valence-corrected chi connectivity index (χ4v) is 3.59. The summed E-state index contributed by atoms with van der Waals surface area (Å²) in [4.78, 5) is 4.70. The maximum atomic E-state index is 5.95. The zero-order valence-electron chi connectivity index (χ0n) is 9.43. The third-order valence-electron chi connectivity index (χ3n) is 3.50. The van der Waals surface area contributed by atoms with Crippen molar-refractivity contribution in [3.8, 4) is 0 Å². The van der Waals surface area contributed by atoms with Crippen LogP contribution in [-0.4, -0.2) is 32.3 Å². The van der Waals surface area contributed by atoms with Gasteiger partial charge in [-0.1, -0.05) is 0 Å². The van der Waals surface area contributed by atoms with Crippen molar-refractivity contribution in [1.29, 1.82) is 0 Å². The minimum absolute atomic E-state index is 0.268. The molecule has 3 heterocycles. The van der Waals surface area contributed by atoms with E-state index in [0.29, 0.717) is 5.92 Å². The van der Waals surface area contributed by atoms with Gasteiger partial charge >= 0.3 is 0 Å². The summed E-state index contributed by atoms with van der Waals surface area (Å²) in [7, 11) is 0. The second kappa shape index (κ2) is 4.37. The Morgan fingerprint density at radius 2 is 2.06 bits per heavy atom. The van der Waals surface area contributed by atoms with Crippen molar-refractivity contribution in [2.24, 2.45) is 5.73 Å². The molecule has 0 spiro atoms. The summed E-state index contributed by atoms with van der Waals surface area (Å²) in [5.41, 5.74) is 5.95. The van der Waals surface area contributed by atoms with Crippen LogP contribution < -0.4 is 5.73 Å². The van der Waals surface area contributed by atoms with Crippen molar-refractivity contribution in [3.05, 3.63) is 11.6 Å². The Morgan fingerprint density at radius 1 is 1.25 bits per heavy atom.